The molecule has 0 fully saturated rings. The van der Waals surface area contributed by atoms with Crippen molar-refractivity contribution in [3.8, 4) is 11.5 Å². The molecule has 112 valence electrons. The maximum absolute atomic E-state index is 12.4. The molecule has 0 aliphatic heterocycles. The van der Waals surface area contributed by atoms with Crippen molar-refractivity contribution in [1.29, 1.82) is 0 Å². The molecule has 21 heavy (non-hydrogen) atoms. The zero-order chi connectivity index (χ0) is 15.2. The molecule has 0 bridgehead atoms. The number of anilines is 1. The van der Waals surface area contributed by atoms with Crippen LogP contribution in [0.25, 0.3) is 0 Å². The first kappa shape index (κ1) is 15.5. The first-order chi connectivity index (χ1) is 10.1. The van der Waals surface area contributed by atoms with Crippen LogP contribution in [0, 0.1) is 0 Å². The van der Waals surface area contributed by atoms with Crippen molar-refractivity contribution in [2.75, 3.05) is 12.4 Å². The maximum atomic E-state index is 12.4. The quantitative estimate of drug-likeness (QED) is 0.845. The molecule has 0 saturated heterocycles. The van der Waals surface area contributed by atoms with Crippen LogP contribution in [0.1, 0.15) is 5.56 Å². The first-order valence-corrected chi connectivity index (χ1v) is 6.84. The minimum atomic E-state index is -2.90. The smallest absolute Gasteiger partial charge is 0.387 e. The molecule has 1 aromatic heterocycles. The fourth-order valence-corrected chi connectivity index (χ4v) is 2.14. The van der Waals surface area contributed by atoms with E-state index in [4.69, 9.17) is 4.74 Å². The summed E-state index contributed by atoms with van der Waals surface area (Å²) in [4.78, 5) is 4.05. The van der Waals surface area contributed by atoms with Gasteiger partial charge in [0.1, 0.15) is 0 Å². The highest BCUT2D eigenvalue weighted by atomic mass is 79.9. The molecule has 0 atom stereocenters. The Balaban J connectivity index is 2.09. The molecule has 7 heteroatoms. The molecule has 1 heterocycles. The normalized spacial score (nSPS) is 10.5. The van der Waals surface area contributed by atoms with Crippen molar-refractivity contribution in [2.45, 2.75) is 13.2 Å². The molecule has 0 spiro atoms. The molecule has 2 rings (SSSR count). The van der Waals surface area contributed by atoms with Gasteiger partial charge in [0.2, 0.25) is 0 Å². The van der Waals surface area contributed by atoms with Crippen LogP contribution in [-0.2, 0) is 6.54 Å². The van der Waals surface area contributed by atoms with E-state index in [-0.39, 0.29) is 11.5 Å². The molecule has 0 radical (unpaired) electrons. The van der Waals surface area contributed by atoms with Crippen molar-refractivity contribution in [3.63, 3.8) is 0 Å². The van der Waals surface area contributed by atoms with Crippen LogP contribution in [0.5, 0.6) is 11.5 Å². The Morgan fingerprint density at radius 1 is 1.24 bits per heavy atom. The number of hydrogen-bond acceptors (Lipinski definition) is 4. The van der Waals surface area contributed by atoms with Crippen LogP contribution in [0.3, 0.4) is 0 Å². The van der Waals surface area contributed by atoms with Crippen LogP contribution >= 0.6 is 15.9 Å². The Morgan fingerprint density at radius 3 is 2.71 bits per heavy atom. The lowest BCUT2D eigenvalue weighted by atomic mass is 10.2. The predicted molar refractivity (Wildman–Crippen MR) is 78.9 cm³/mol. The average molecular weight is 359 g/mol. The van der Waals surface area contributed by atoms with Gasteiger partial charge in [0.05, 0.1) is 7.11 Å². The van der Waals surface area contributed by atoms with Gasteiger partial charge in [0, 0.05) is 35.2 Å². The zero-order valence-electron chi connectivity index (χ0n) is 11.1. The Hall–Kier alpha value is -1.89. The number of methoxy groups -OCH3 is 1. The number of alkyl halides is 2. The van der Waals surface area contributed by atoms with Crippen molar-refractivity contribution in [1.82, 2.24) is 4.98 Å². The van der Waals surface area contributed by atoms with Crippen molar-refractivity contribution in [3.05, 3.63) is 46.7 Å². The Labute approximate surface area is 129 Å². The van der Waals surface area contributed by atoms with Gasteiger partial charge < -0.3 is 14.8 Å². The van der Waals surface area contributed by atoms with Crippen molar-refractivity contribution in [2.24, 2.45) is 0 Å². The van der Waals surface area contributed by atoms with E-state index in [0.717, 1.165) is 10.0 Å². The fourth-order valence-electron chi connectivity index (χ4n) is 1.73. The third kappa shape index (κ3) is 4.56. The van der Waals surface area contributed by atoms with Gasteiger partial charge in [-0.25, -0.2) is 0 Å². The number of hydrogen-bond donors (Lipinski definition) is 1. The molecular weight excluding hydrogens is 346 g/mol. The molecule has 1 aromatic carbocycles. The van der Waals surface area contributed by atoms with E-state index in [2.05, 4.69) is 31.0 Å². The second-order valence-corrected chi connectivity index (χ2v) is 5.02. The summed E-state index contributed by atoms with van der Waals surface area (Å²) in [6.45, 7) is -2.39. The molecule has 0 aliphatic carbocycles. The minimum Gasteiger partial charge on any atom is -0.493 e. The highest BCUT2D eigenvalue weighted by molar-refractivity contribution is 9.10. The summed E-state index contributed by atoms with van der Waals surface area (Å²) in [5.41, 5.74) is 1.60. The van der Waals surface area contributed by atoms with Crippen LogP contribution in [0.15, 0.2) is 41.1 Å². The third-order valence-electron chi connectivity index (χ3n) is 2.64. The van der Waals surface area contributed by atoms with E-state index in [0.29, 0.717) is 12.2 Å². The number of halogens is 3. The summed E-state index contributed by atoms with van der Waals surface area (Å²) in [6.07, 6.45) is 3.41. The second-order valence-electron chi connectivity index (χ2n) is 4.11. The number of rotatable bonds is 6. The van der Waals surface area contributed by atoms with Gasteiger partial charge >= 0.3 is 6.61 Å². The fraction of sp³-hybridized carbons (Fsp3) is 0.214. The van der Waals surface area contributed by atoms with E-state index in [9.17, 15) is 8.78 Å². The highest BCUT2D eigenvalue weighted by Gasteiger charge is 2.11. The summed E-state index contributed by atoms with van der Waals surface area (Å²) in [5.74, 6) is 0.245. The third-order valence-corrected chi connectivity index (χ3v) is 3.07. The monoisotopic (exact) mass is 358 g/mol. The van der Waals surface area contributed by atoms with E-state index >= 15 is 0 Å². The lowest BCUT2D eigenvalue weighted by Gasteiger charge is -2.12. The van der Waals surface area contributed by atoms with Crippen molar-refractivity contribution < 1.29 is 18.3 Å². The zero-order valence-corrected chi connectivity index (χ0v) is 12.7. The number of ether oxygens (including phenoxy) is 2. The van der Waals surface area contributed by atoms with Gasteiger partial charge in [-0.2, -0.15) is 8.78 Å². The van der Waals surface area contributed by atoms with Crippen LogP contribution in [-0.4, -0.2) is 18.7 Å². The SMILES string of the molecule is COc1ccc(NCc2cncc(Br)c2)cc1OC(F)F. The van der Waals surface area contributed by atoms with Crippen LogP contribution < -0.4 is 14.8 Å². The molecule has 0 aliphatic rings. The van der Waals surface area contributed by atoms with Crippen molar-refractivity contribution >= 4 is 21.6 Å². The average Bonchev–Trinajstić information content (AvgIpc) is 2.45. The summed E-state index contributed by atoms with van der Waals surface area (Å²) >= 11 is 3.34. The Bertz CT molecular complexity index is 611. The van der Waals surface area contributed by atoms with E-state index in [1.54, 1.807) is 24.5 Å². The molecule has 1 N–H and O–H groups in total. The maximum Gasteiger partial charge on any atom is 0.387 e. The molecule has 0 saturated carbocycles. The van der Waals surface area contributed by atoms with Gasteiger partial charge in [0.25, 0.3) is 0 Å². The number of nitrogens with one attached hydrogen (secondary N) is 1. The first-order valence-electron chi connectivity index (χ1n) is 6.04. The number of aromatic nitrogens is 1. The number of pyridine rings is 1. The Morgan fingerprint density at radius 2 is 2.05 bits per heavy atom. The van der Waals surface area contributed by atoms with E-state index in [1.165, 1.54) is 13.2 Å². The molecular formula is C14H13BrF2N2O2. The largest absolute Gasteiger partial charge is 0.493 e. The van der Waals surface area contributed by atoms with Crippen LogP contribution in [0.4, 0.5) is 14.5 Å². The standard InChI is InChI=1S/C14H13BrF2N2O2/c1-20-12-3-2-11(5-13(12)21-14(16)17)19-7-9-4-10(15)8-18-6-9/h2-6,8,14,19H,7H2,1H3. The summed E-state index contributed by atoms with van der Waals surface area (Å²) in [7, 11) is 1.40. The predicted octanol–water partition coefficient (Wildman–Crippen LogP) is 4.07. The van der Waals surface area contributed by atoms with Gasteiger partial charge in [-0.1, -0.05) is 0 Å². The van der Waals surface area contributed by atoms with Gasteiger partial charge in [-0.3, -0.25) is 4.98 Å². The lowest BCUT2D eigenvalue weighted by molar-refractivity contribution is -0.0511. The van der Waals surface area contributed by atoms with E-state index < -0.39 is 6.61 Å². The van der Waals surface area contributed by atoms with Crippen LogP contribution in [0.2, 0.25) is 0 Å². The molecule has 0 unspecified atom stereocenters. The molecule has 2 aromatic rings. The highest BCUT2D eigenvalue weighted by Crippen LogP contribution is 2.31. The van der Waals surface area contributed by atoms with Gasteiger partial charge in [-0.15, -0.1) is 0 Å². The number of nitrogens with zero attached hydrogens (tertiary/aromatic N) is 1. The number of benzene rings is 1. The molecule has 0 amide bonds. The Kier molecular flexibility index (Phi) is 5.32. The summed E-state index contributed by atoms with van der Waals surface area (Å²) in [6, 6.07) is 6.68. The topological polar surface area (TPSA) is 43.4 Å². The van der Waals surface area contributed by atoms with E-state index in [1.807, 2.05) is 6.07 Å². The second kappa shape index (κ2) is 7.21. The minimum absolute atomic E-state index is 0.00938. The van der Waals surface area contributed by atoms with Gasteiger partial charge in [0.15, 0.2) is 11.5 Å². The molecule has 4 nitrogen and oxygen atoms in total. The van der Waals surface area contributed by atoms with Gasteiger partial charge in [-0.05, 0) is 39.7 Å². The lowest BCUT2D eigenvalue weighted by Crippen LogP contribution is -2.05. The summed E-state index contributed by atoms with van der Waals surface area (Å²) < 4.78 is 35.0. The summed E-state index contributed by atoms with van der Waals surface area (Å²) in [5, 5.41) is 3.11.